The van der Waals surface area contributed by atoms with Crippen LogP contribution in [-0.2, 0) is 4.74 Å². The van der Waals surface area contributed by atoms with Crippen LogP contribution >= 0.6 is 0 Å². The lowest BCUT2D eigenvalue weighted by molar-refractivity contribution is 0.0904. The SMILES string of the molecule is CC1C=C(C#N)CCO1. The van der Waals surface area contributed by atoms with Gasteiger partial charge in [0.25, 0.3) is 0 Å². The molecule has 1 atom stereocenters. The average molecular weight is 123 g/mol. The summed E-state index contributed by atoms with van der Waals surface area (Å²) in [4.78, 5) is 0. The van der Waals surface area contributed by atoms with E-state index in [0.29, 0.717) is 6.61 Å². The van der Waals surface area contributed by atoms with Gasteiger partial charge in [0.1, 0.15) is 0 Å². The second-order valence-corrected chi connectivity index (χ2v) is 2.13. The molecule has 0 saturated carbocycles. The predicted octanol–water partition coefficient (Wildman–Crippen LogP) is 1.25. The molecule has 0 fully saturated rings. The summed E-state index contributed by atoms with van der Waals surface area (Å²) < 4.78 is 5.18. The minimum Gasteiger partial charge on any atom is -0.374 e. The molecular formula is C7H9NO. The Morgan fingerprint density at radius 1 is 1.89 bits per heavy atom. The topological polar surface area (TPSA) is 33.0 Å². The monoisotopic (exact) mass is 123 g/mol. The van der Waals surface area contributed by atoms with Gasteiger partial charge >= 0.3 is 0 Å². The van der Waals surface area contributed by atoms with Gasteiger partial charge in [0.15, 0.2) is 0 Å². The van der Waals surface area contributed by atoms with Crippen molar-refractivity contribution in [2.75, 3.05) is 6.61 Å². The molecule has 0 aromatic heterocycles. The fourth-order valence-corrected chi connectivity index (χ4v) is 0.863. The molecule has 9 heavy (non-hydrogen) atoms. The molecule has 0 radical (unpaired) electrons. The Balaban J connectivity index is 2.62. The molecule has 1 aliphatic rings. The van der Waals surface area contributed by atoms with Crippen LogP contribution in [0.2, 0.25) is 0 Å². The second-order valence-electron chi connectivity index (χ2n) is 2.13. The lowest BCUT2D eigenvalue weighted by Gasteiger charge is -2.13. The van der Waals surface area contributed by atoms with E-state index >= 15 is 0 Å². The number of hydrogen-bond donors (Lipinski definition) is 0. The first kappa shape index (κ1) is 6.31. The second kappa shape index (κ2) is 2.65. The van der Waals surface area contributed by atoms with Crippen molar-refractivity contribution in [3.05, 3.63) is 11.6 Å². The summed E-state index contributed by atoms with van der Waals surface area (Å²) in [5, 5.41) is 8.43. The van der Waals surface area contributed by atoms with Gasteiger partial charge in [0.05, 0.1) is 18.8 Å². The molecule has 48 valence electrons. The van der Waals surface area contributed by atoms with Crippen LogP contribution in [0.1, 0.15) is 13.3 Å². The Bertz CT molecular complexity index is 166. The van der Waals surface area contributed by atoms with Gasteiger partial charge in [0.2, 0.25) is 0 Å². The van der Waals surface area contributed by atoms with Crippen LogP contribution in [0.15, 0.2) is 11.6 Å². The van der Waals surface area contributed by atoms with E-state index < -0.39 is 0 Å². The molecule has 1 heterocycles. The summed E-state index contributed by atoms with van der Waals surface area (Å²) in [5.74, 6) is 0. The van der Waals surface area contributed by atoms with Crippen molar-refractivity contribution in [1.82, 2.24) is 0 Å². The molecule has 0 bridgehead atoms. The third-order valence-electron chi connectivity index (χ3n) is 1.33. The molecule has 0 aromatic rings. The summed E-state index contributed by atoms with van der Waals surface area (Å²) in [6, 6.07) is 2.12. The number of rotatable bonds is 0. The summed E-state index contributed by atoms with van der Waals surface area (Å²) in [7, 11) is 0. The highest BCUT2D eigenvalue weighted by Crippen LogP contribution is 2.10. The maximum Gasteiger partial charge on any atom is 0.0945 e. The van der Waals surface area contributed by atoms with Crippen molar-refractivity contribution >= 4 is 0 Å². The Kier molecular flexibility index (Phi) is 1.86. The minimum atomic E-state index is 0.133. The maximum absolute atomic E-state index is 8.43. The van der Waals surface area contributed by atoms with E-state index in [2.05, 4.69) is 6.07 Å². The van der Waals surface area contributed by atoms with E-state index in [1.807, 2.05) is 13.0 Å². The van der Waals surface area contributed by atoms with E-state index in [9.17, 15) is 0 Å². The molecule has 0 aromatic carbocycles. The molecule has 2 nitrogen and oxygen atoms in total. The van der Waals surface area contributed by atoms with E-state index in [1.54, 1.807) is 0 Å². The molecule has 1 unspecified atom stereocenters. The van der Waals surface area contributed by atoms with Crippen molar-refractivity contribution in [2.24, 2.45) is 0 Å². The van der Waals surface area contributed by atoms with Gasteiger partial charge in [-0.2, -0.15) is 5.26 Å². The lowest BCUT2D eigenvalue weighted by atomic mass is 10.1. The number of nitriles is 1. The standard InChI is InChI=1S/C7H9NO/c1-6-4-7(5-8)2-3-9-6/h4,6H,2-3H2,1H3. The third-order valence-corrected chi connectivity index (χ3v) is 1.33. The number of hydrogen-bond acceptors (Lipinski definition) is 2. The highest BCUT2D eigenvalue weighted by Gasteiger charge is 2.07. The average Bonchev–Trinajstić information content (AvgIpc) is 1.88. The molecule has 0 spiro atoms. The summed E-state index contributed by atoms with van der Waals surface area (Å²) >= 11 is 0. The van der Waals surface area contributed by atoms with Crippen LogP contribution in [0.4, 0.5) is 0 Å². The Labute approximate surface area is 54.7 Å². The van der Waals surface area contributed by atoms with Gasteiger partial charge in [0, 0.05) is 12.0 Å². The van der Waals surface area contributed by atoms with E-state index in [1.165, 1.54) is 0 Å². The van der Waals surface area contributed by atoms with Crippen LogP contribution in [-0.4, -0.2) is 12.7 Å². The smallest absolute Gasteiger partial charge is 0.0945 e. The molecule has 0 amide bonds. The van der Waals surface area contributed by atoms with Gasteiger partial charge < -0.3 is 4.74 Å². The van der Waals surface area contributed by atoms with Crippen molar-refractivity contribution in [1.29, 1.82) is 5.26 Å². The van der Waals surface area contributed by atoms with Gasteiger partial charge in [-0.15, -0.1) is 0 Å². The highest BCUT2D eigenvalue weighted by atomic mass is 16.5. The number of nitrogens with zero attached hydrogens (tertiary/aromatic N) is 1. The first-order valence-electron chi connectivity index (χ1n) is 3.05. The zero-order chi connectivity index (χ0) is 6.69. The maximum atomic E-state index is 8.43. The lowest BCUT2D eigenvalue weighted by Crippen LogP contribution is -2.12. The Morgan fingerprint density at radius 2 is 2.67 bits per heavy atom. The summed E-state index contributed by atoms with van der Waals surface area (Å²) in [6.45, 7) is 2.64. The fourth-order valence-electron chi connectivity index (χ4n) is 0.863. The Hall–Kier alpha value is -0.810. The van der Waals surface area contributed by atoms with Crippen molar-refractivity contribution < 1.29 is 4.74 Å². The third kappa shape index (κ3) is 1.55. The van der Waals surface area contributed by atoms with Crippen LogP contribution in [0.25, 0.3) is 0 Å². The first-order valence-corrected chi connectivity index (χ1v) is 3.05. The van der Waals surface area contributed by atoms with E-state index in [4.69, 9.17) is 10.00 Å². The van der Waals surface area contributed by atoms with E-state index in [0.717, 1.165) is 12.0 Å². The normalized spacial score (nSPS) is 26.7. The van der Waals surface area contributed by atoms with Gasteiger partial charge in [-0.3, -0.25) is 0 Å². The zero-order valence-electron chi connectivity index (χ0n) is 5.42. The quantitative estimate of drug-likeness (QED) is 0.485. The van der Waals surface area contributed by atoms with Crippen molar-refractivity contribution in [2.45, 2.75) is 19.4 Å². The molecule has 2 heteroatoms. The van der Waals surface area contributed by atoms with Crippen LogP contribution < -0.4 is 0 Å². The van der Waals surface area contributed by atoms with E-state index in [-0.39, 0.29) is 6.10 Å². The molecule has 0 N–H and O–H groups in total. The minimum absolute atomic E-state index is 0.133. The van der Waals surface area contributed by atoms with Crippen LogP contribution in [0.3, 0.4) is 0 Å². The highest BCUT2D eigenvalue weighted by molar-refractivity contribution is 5.23. The molecule has 0 saturated heterocycles. The molecular weight excluding hydrogens is 114 g/mol. The zero-order valence-corrected chi connectivity index (χ0v) is 5.42. The fraction of sp³-hybridized carbons (Fsp3) is 0.571. The molecule has 0 aliphatic carbocycles. The predicted molar refractivity (Wildman–Crippen MR) is 33.7 cm³/mol. The Morgan fingerprint density at radius 3 is 3.11 bits per heavy atom. The largest absolute Gasteiger partial charge is 0.374 e. The van der Waals surface area contributed by atoms with Gasteiger partial charge in [-0.1, -0.05) is 0 Å². The summed E-state index contributed by atoms with van der Waals surface area (Å²) in [5.41, 5.74) is 0.855. The van der Waals surface area contributed by atoms with Crippen molar-refractivity contribution in [3.8, 4) is 6.07 Å². The molecule has 1 rings (SSSR count). The van der Waals surface area contributed by atoms with Gasteiger partial charge in [-0.05, 0) is 13.0 Å². The van der Waals surface area contributed by atoms with Gasteiger partial charge in [-0.25, -0.2) is 0 Å². The summed E-state index contributed by atoms with van der Waals surface area (Å²) in [6.07, 6.45) is 2.78. The first-order chi connectivity index (χ1) is 4.33. The molecule has 1 aliphatic heterocycles. The number of ether oxygens (including phenoxy) is 1. The van der Waals surface area contributed by atoms with Crippen LogP contribution in [0.5, 0.6) is 0 Å². The van der Waals surface area contributed by atoms with Crippen molar-refractivity contribution in [3.63, 3.8) is 0 Å². The van der Waals surface area contributed by atoms with Crippen LogP contribution in [0, 0.1) is 11.3 Å².